The standard InChI is InChI=1S/C16H23BrFNO2/c1-6-21-15(20)13(9(2)16(3,4)5)11-7-10(18)8-12(17)14(11)19/h7-9,13H,6,19H2,1-5H3. The molecule has 0 aliphatic carbocycles. The van der Waals surface area contributed by atoms with Crippen molar-refractivity contribution >= 4 is 27.6 Å². The van der Waals surface area contributed by atoms with E-state index in [4.69, 9.17) is 10.5 Å². The molecule has 0 radical (unpaired) electrons. The molecule has 118 valence electrons. The van der Waals surface area contributed by atoms with Gasteiger partial charge in [-0.3, -0.25) is 4.79 Å². The normalized spacial score (nSPS) is 14.6. The topological polar surface area (TPSA) is 52.3 Å². The number of rotatable bonds is 4. The molecule has 0 aliphatic rings. The Morgan fingerprint density at radius 2 is 2.00 bits per heavy atom. The number of carbonyl (C=O) groups excluding carboxylic acids is 1. The lowest BCUT2D eigenvalue weighted by Gasteiger charge is -2.34. The van der Waals surface area contributed by atoms with Crippen LogP contribution < -0.4 is 5.73 Å². The molecule has 0 aliphatic heterocycles. The first-order chi connectivity index (χ1) is 9.59. The van der Waals surface area contributed by atoms with Crippen LogP contribution >= 0.6 is 15.9 Å². The average molecular weight is 360 g/mol. The van der Waals surface area contributed by atoms with Crippen LogP contribution in [0.3, 0.4) is 0 Å². The molecule has 5 heteroatoms. The third kappa shape index (κ3) is 4.19. The molecule has 1 aromatic rings. The van der Waals surface area contributed by atoms with E-state index in [9.17, 15) is 9.18 Å². The quantitative estimate of drug-likeness (QED) is 0.635. The number of carbonyl (C=O) groups is 1. The Balaban J connectivity index is 3.41. The number of nitrogens with two attached hydrogens (primary N) is 1. The number of ether oxygens (including phenoxy) is 1. The van der Waals surface area contributed by atoms with Crippen molar-refractivity contribution in [3.8, 4) is 0 Å². The van der Waals surface area contributed by atoms with Crippen LogP contribution in [-0.4, -0.2) is 12.6 Å². The second-order valence-electron chi connectivity index (χ2n) is 6.27. The number of nitrogen functional groups attached to an aromatic ring is 1. The Hall–Kier alpha value is -1.10. The molecular formula is C16H23BrFNO2. The monoisotopic (exact) mass is 359 g/mol. The highest BCUT2D eigenvalue weighted by molar-refractivity contribution is 9.10. The fourth-order valence-corrected chi connectivity index (χ4v) is 2.64. The Morgan fingerprint density at radius 1 is 1.43 bits per heavy atom. The predicted octanol–water partition coefficient (Wildman–Crippen LogP) is 4.50. The zero-order valence-electron chi connectivity index (χ0n) is 13.2. The van der Waals surface area contributed by atoms with Crippen molar-refractivity contribution in [1.29, 1.82) is 0 Å². The van der Waals surface area contributed by atoms with E-state index in [-0.39, 0.29) is 23.9 Å². The van der Waals surface area contributed by atoms with Crippen LogP contribution in [0.15, 0.2) is 16.6 Å². The smallest absolute Gasteiger partial charge is 0.313 e. The molecule has 0 spiro atoms. The zero-order valence-corrected chi connectivity index (χ0v) is 14.8. The second kappa shape index (κ2) is 6.77. The molecule has 0 aromatic heterocycles. The molecule has 3 nitrogen and oxygen atoms in total. The van der Waals surface area contributed by atoms with Crippen LogP contribution in [0.25, 0.3) is 0 Å². The number of hydrogen-bond donors (Lipinski definition) is 1. The van der Waals surface area contributed by atoms with Gasteiger partial charge in [-0.1, -0.05) is 27.7 Å². The summed E-state index contributed by atoms with van der Waals surface area (Å²) in [5, 5.41) is 0. The van der Waals surface area contributed by atoms with Crippen LogP contribution in [0.1, 0.15) is 46.1 Å². The van der Waals surface area contributed by atoms with E-state index < -0.39 is 11.7 Å². The molecule has 0 fully saturated rings. The van der Waals surface area contributed by atoms with Crippen molar-refractivity contribution in [2.75, 3.05) is 12.3 Å². The van der Waals surface area contributed by atoms with Crippen molar-refractivity contribution in [2.45, 2.75) is 40.5 Å². The summed E-state index contributed by atoms with van der Waals surface area (Å²) in [6.07, 6.45) is 0. The number of anilines is 1. The van der Waals surface area contributed by atoms with E-state index in [1.165, 1.54) is 12.1 Å². The molecule has 1 rings (SSSR count). The summed E-state index contributed by atoms with van der Waals surface area (Å²) in [6.45, 7) is 10.1. The summed E-state index contributed by atoms with van der Waals surface area (Å²) in [6, 6.07) is 2.62. The minimum Gasteiger partial charge on any atom is -0.466 e. The highest BCUT2D eigenvalue weighted by atomic mass is 79.9. The summed E-state index contributed by atoms with van der Waals surface area (Å²) in [4.78, 5) is 12.4. The number of esters is 1. The lowest BCUT2D eigenvalue weighted by molar-refractivity contribution is -0.147. The highest BCUT2D eigenvalue weighted by Crippen LogP contribution is 2.42. The van der Waals surface area contributed by atoms with Gasteiger partial charge in [0.25, 0.3) is 0 Å². The van der Waals surface area contributed by atoms with Gasteiger partial charge < -0.3 is 10.5 Å². The molecule has 0 amide bonds. The van der Waals surface area contributed by atoms with Gasteiger partial charge in [0.15, 0.2) is 0 Å². The molecule has 0 bridgehead atoms. The largest absolute Gasteiger partial charge is 0.466 e. The summed E-state index contributed by atoms with van der Waals surface area (Å²) < 4.78 is 19.4. The number of halogens is 2. The van der Waals surface area contributed by atoms with Gasteiger partial charge in [-0.05, 0) is 51.9 Å². The summed E-state index contributed by atoms with van der Waals surface area (Å²) in [5.41, 5.74) is 6.75. The fraction of sp³-hybridized carbons (Fsp3) is 0.562. The molecule has 21 heavy (non-hydrogen) atoms. The Labute approximate surface area is 134 Å². The number of hydrogen-bond acceptors (Lipinski definition) is 3. The Kier molecular flexibility index (Phi) is 5.79. The van der Waals surface area contributed by atoms with Crippen molar-refractivity contribution in [3.63, 3.8) is 0 Å². The Bertz CT molecular complexity index is 526. The molecule has 2 unspecified atom stereocenters. The van der Waals surface area contributed by atoms with Gasteiger partial charge in [0.2, 0.25) is 0 Å². The first-order valence-corrected chi connectivity index (χ1v) is 7.80. The van der Waals surface area contributed by atoms with E-state index in [1.54, 1.807) is 6.92 Å². The van der Waals surface area contributed by atoms with Crippen molar-refractivity contribution in [2.24, 2.45) is 11.3 Å². The van der Waals surface area contributed by atoms with Crippen LogP contribution in [0.2, 0.25) is 0 Å². The van der Waals surface area contributed by atoms with Gasteiger partial charge in [0, 0.05) is 4.47 Å². The van der Waals surface area contributed by atoms with Gasteiger partial charge in [0.05, 0.1) is 18.2 Å². The van der Waals surface area contributed by atoms with Gasteiger partial charge in [-0.2, -0.15) is 0 Å². The summed E-state index contributed by atoms with van der Waals surface area (Å²) in [7, 11) is 0. The molecule has 0 heterocycles. The first kappa shape index (κ1) is 18.0. The molecule has 2 N–H and O–H groups in total. The van der Waals surface area contributed by atoms with E-state index in [0.29, 0.717) is 15.7 Å². The lowest BCUT2D eigenvalue weighted by atomic mass is 9.71. The van der Waals surface area contributed by atoms with Crippen LogP contribution in [0.5, 0.6) is 0 Å². The summed E-state index contributed by atoms with van der Waals surface area (Å²) in [5.74, 6) is -1.46. The third-order valence-electron chi connectivity index (χ3n) is 3.87. The van der Waals surface area contributed by atoms with Crippen molar-refractivity contribution < 1.29 is 13.9 Å². The molecule has 1 aromatic carbocycles. The lowest BCUT2D eigenvalue weighted by Crippen LogP contribution is -2.31. The maximum atomic E-state index is 13.7. The summed E-state index contributed by atoms with van der Waals surface area (Å²) >= 11 is 3.24. The number of benzene rings is 1. The van der Waals surface area contributed by atoms with E-state index in [0.717, 1.165) is 0 Å². The molecule has 2 atom stereocenters. The van der Waals surface area contributed by atoms with Gasteiger partial charge >= 0.3 is 5.97 Å². The van der Waals surface area contributed by atoms with Crippen molar-refractivity contribution in [3.05, 3.63) is 28.0 Å². The molecule has 0 saturated carbocycles. The van der Waals surface area contributed by atoms with E-state index in [2.05, 4.69) is 15.9 Å². The molecule has 0 saturated heterocycles. The van der Waals surface area contributed by atoms with E-state index >= 15 is 0 Å². The van der Waals surface area contributed by atoms with Crippen LogP contribution in [0, 0.1) is 17.2 Å². The van der Waals surface area contributed by atoms with Crippen LogP contribution in [-0.2, 0) is 9.53 Å². The minimum absolute atomic E-state index is 0.0625. The highest BCUT2D eigenvalue weighted by Gasteiger charge is 2.37. The fourth-order valence-electron chi connectivity index (χ4n) is 2.19. The maximum Gasteiger partial charge on any atom is 0.313 e. The van der Waals surface area contributed by atoms with Gasteiger partial charge in [0.1, 0.15) is 5.82 Å². The molecular weight excluding hydrogens is 337 g/mol. The van der Waals surface area contributed by atoms with Gasteiger partial charge in [-0.25, -0.2) is 4.39 Å². The maximum absolute atomic E-state index is 13.7. The predicted molar refractivity (Wildman–Crippen MR) is 86.5 cm³/mol. The first-order valence-electron chi connectivity index (χ1n) is 7.00. The van der Waals surface area contributed by atoms with Crippen LogP contribution in [0.4, 0.5) is 10.1 Å². The minimum atomic E-state index is -0.600. The van der Waals surface area contributed by atoms with Gasteiger partial charge in [-0.15, -0.1) is 0 Å². The zero-order chi connectivity index (χ0) is 16.4. The Morgan fingerprint density at radius 3 is 2.48 bits per heavy atom. The average Bonchev–Trinajstić information content (AvgIpc) is 2.34. The third-order valence-corrected chi connectivity index (χ3v) is 4.52. The second-order valence-corrected chi connectivity index (χ2v) is 7.13. The van der Waals surface area contributed by atoms with Crippen molar-refractivity contribution in [1.82, 2.24) is 0 Å². The SMILES string of the molecule is CCOC(=O)C(c1cc(F)cc(Br)c1N)C(C)C(C)(C)C. The van der Waals surface area contributed by atoms with E-state index in [1.807, 2.05) is 27.7 Å².